The van der Waals surface area contributed by atoms with Crippen molar-refractivity contribution < 1.29 is 9.31 Å². The molecule has 2 rings (SSSR count). The number of nitro benzene ring substituents is 1. The van der Waals surface area contributed by atoms with Gasteiger partial charge in [-0.3, -0.25) is 15.1 Å². The lowest BCUT2D eigenvalue weighted by molar-refractivity contribution is -0.384. The monoisotopic (exact) mass is 444 g/mol. The van der Waals surface area contributed by atoms with Crippen molar-refractivity contribution in [3.05, 3.63) is 75.6 Å². The van der Waals surface area contributed by atoms with Gasteiger partial charge in [0.05, 0.1) is 4.92 Å². The fourth-order valence-electron chi connectivity index (χ4n) is 1.96. The molecule has 0 unspecified atom stereocenters. The molecule has 2 aromatic carbocycles. The zero-order chi connectivity index (χ0) is 16.7. The number of halogens is 2. The topological polar surface area (TPSA) is 79.6 Å². The molecule has 128 valence electrons. The van der Waals surface area contributed by atoms with Gasteiger partial charge in [-0.15, -0.1) is 24.0 Å². The molecule has 0 spiro atoms. The molecule has 0 bridgehead atoms. The number of hydrogen-bond acceptors (Lipinski definition) is 3. The molecule has 0 aliphatic rings. The first-order valence-electron chi connectivity index (χ1n) is 7.01. The van der Waals surface area contributed by atoms with Crippen LogP contribution in [0.3, 0.4) is 0 Å². The molecule has 2 aromatic rings. The minimum Gasteiger partial charge on any atom is -0.352 e. The lowest BCUT2D eigenvalue weighted by Gasteiger charge is -2.12. The Morgan fingerprint density at radius 2 is 1.75 bits per heavy atom. The van der Waals surface area contributed by atoms with Crippen molar-refractivity contribution in [3.63, 3.8) is 0 Å². The highest BCUT2D eigenvalue weighted by Gasteiger charge is 2.05. The highest BCUT2D eigenvalue weighted by molar-refractivity contribution is 14.0. The van der Waals surface area contributed by atoms with Gasteiger partial charge in [-0.05, 0) is 11.6 Å². The summed E-state index contributed by atoms with van der Waals surface area (Å²) in [4.78, 5) is 14.2. The van der Waals surface area contributed by atoms with Gasteiger partial charge in [0.15, 0.2) is 5.96 Å². The van der Waals surface area contributed by atoms with E-state index in [1.807, 2.05) is 0 Å². The minimum absolute atomic E-state index is 0. The second-order valence-electron chi connectivity index (χ2n) is 4.79. The van der Waals surface area contributed by atoms with Crippen LogP contribution in [0.4, 0.5) is 10.1 Å². The summed E-state index contributed by atoms with van der Waals surface area (Å²) in [7, 11) is 1.62. The number of nitrogens with one attached hydrogen (secondary N) is 2. The van der Waals surface area contributed by atoms with Crippen molar-refractivity contribution in [1.82, 2.24) is 10.6 Å². The van der Waals surface area contributed by atoms with Crippen LogP contribution in [0, 0.1) is 15.9 Å². The van der Waals surface area contributed by atoms with Crippen LogP contribution in [0.2, 0.25) is 0 Å². The average Bonchev–Trinajstić information content (AvgIpc) is 2.57. The molecule has 2 N–H and O–H groups in total. The number of aliphatic imine (C=N–C) groups is 1. The van der Waals surface area contributed by atoms with E-state index in [1.165, 1.54) is 18.2 Å². The van der Waals surface area contributed by atoms with Gasteiger partial charge in [-0.25, -0.2) is 4.39 Å². The Balaban J connectivity index is 0.00000288. The van der Waals surface area contributed by atoms with Crippen molar-refractivity contribution in [2.45, 2.75) is 13.1 Å². The smallest absolute Gasteiger partial charge is 0.269 e. The molecule has 0 aliphatic heterocycles. The number of non-ortho nitro benzene ring substituents is 1. The molecule has 0 amide bonds. The van der Waals surface area contributed by atoms with Crippen LogP contribution in [-0.2, 0) is 13.1 Å². The molecule has 8 heteroatoms. The Hall–Kier alpha value is -2.23. The predicted molar refractivity (Wildman–Crippen MR) is 102 cm³/mol. The third kappa shape index (κ3) is 5.76. The zero-order valence-electron chi connectivity index (χ0n) is 13.0. The average molecular weight is 444 g/mol. The predicted octanol–water partition coefficient (Wildman–Crippen LogP) is 3.22. The molecular formula is C16H18FIN4O2. The molecule has 0 aromatic heterocycles. The number of nitrogens with zero attached hydrogens (tertiary/aromatic N) is 2. The van der Waals surface area contributed by atoms with E-state index in [4.69, 9.17) is 0 Å². The fraction of sp³-hybridized carbons (Fsp3) is 0.188. The van der Waals surface area contributed by atoms with Gasteiger partial charge in [0, 0.05) is 37.8 Å². The molecule has 0 fully saturated rings. The third-order valence-corrected chi connectivity index (χ3v) is 3.23. The normalized spacial score (nSPS) is 10.7. The van der Waals surface area contributed by atoms with Crippen LogP contribution in [0.1, 0.15) is 11.1 Å². The quantitative estimate of drug-likeness (QED) is 0.244. The maximum atomic E-state index is 13.5. The van der Waals surface area contributed by atoms with Gasteiger partial charge in [0.25, 0.3) is 5.69 Å². The van der Waals surface area contributed by atoms with Crippen LogP contribution in [0.15, 0.2) is 53.5 Å². The minimum atomic E-state index is -0.438. The Labute approximate surface area is 156 Å². The first kappa shape index (κ1) is 19.8. The maximum Gasteiger partial charge on any atom is 0.269 e. The lowest BCUT2D eigenvalue weighted by Crippen LogP contribution is -2.36. The number of benzene rings is 2. The van der Waals surface area contributed by atoms with E-state index in [2.05, 4.69) is 15.6 Å². The summed E-state index contributed by atoms with van der Waals surface area (Å²) >= 11 is 0. The van der Waals surface area contributed by atoms with E-state index in [9.17, 15) is 14.5 Å². The van der Waals surface area contributed by atoms with E-state index < -0.39 is 4.92 Å². The van der Waals surface area contributed by atoms with Crippen LogP contribution in [0.5, 0.6) is 0 Å². The lowest BCUT2D eigenvalue weighted by atomic mass is 10.2. The summed E-state index contributed by atoms with van der Waals surface area (Å²) in [5.41, 5.74) is 1.48. The highest BCUT2D eigenvalue weighted by atomic mass is 127. The van der Waals surface area contributed by atoms with E-state index in [0.29, 0.717) is 24.6 Å². The van der Waals surface area contributed by atoms with Gasteiger partial charge in [0.2, 0.25) is 0 Å². The summed E-state index contributed by atoms with van der Waals surface area (Å²) in [6.45, 7) is 0.765. The van der Waals surface area contributed by atoms with E-state index in [0.717, 1.165) is 5.56 Å². The summed E-state index contributed by atoms with van der Waals surface area (Å²) in [5.74, 6) is 0.248. The number of guanidine groups is 1. The Morgan fingerprint density at radius 1 is 1.12 bits per heavy atom. The summed E-state index contributed by atoms with van der Waals surface area (Å²) in [5, 5.41) is 16.7. The van der Waals surface area contributed by atoms with Crippen molar-refractivity contribution in [2.75, 3.05) is 7.05 Å². The SMILES string of the molecule is CN=C(NCc1ccc([N+](=O)[O-])cc1)NCc1ccccc1F.I. The van der Waals surface area contributed by atoms with Crippen molar-refractivity contribution >= 4 is 35.6 Å². The van der Waals surface area contributed by atoms with Gasteiger partial charge in [-0.2, -0.15) is 0 Å². The Kier molecular flexibility index (Phi) is 8.10. The van der Waals surface area contributed by atoms with Gasteiger partial charge >= 0.3 is 0 Å². The molecule has 24 heavy (non-hydrogen) atoms. The number of rotatable bonds is 5. The Bertz CT molecular complexity index is 707. The molecule has 0 saturated carbocycles. The fourth-order valence-corrected chi connectivity index (χ4v) is 1.96. The Morgan fingerprint density at radius 3 is 2.33 bits per heavy atom. The van der Waals surface area contributed by atoms with Gasteiger partial charge < -0.3 is 10.6 Å². The number of nitro groups is 1. The molecular weight excluding hydrogens is 426 g/mol. The van der Waals surface area contributed by atoms with Gasteiger partial charge in [0.1, 0.15) is 5.82 Å². The van der Waals surface area contributed by atoms with Crippen LogP contribution in [0.25, 0.3) is 0 Å². The molecule has 0 heterocycles. The van der Waals surface area contributed by atoms with Crippen LogP contribution in [-0.4, -0.2) is 17.9 Å². The van der Waals surface area contributed by atoms with Crippen molar-refractivity contribution in [1.29, 1.82) is 0 Å². The third-order valence-electron chi connectivity index (χ3n) is 3.23. The molecule has 6 nitrogen and oxygen atoms in total. The van der Waals surface area contributed by atoms with Crippen molar-refractivity contribution in [3.8, 4) is 0 Å². The first-order valence-corrected chi connectivity index (χ1v) is 7.01. The molecule has 0 aliphatic carbocycles. The summed E-state index contributed by atoms with van der Waals surface area (Å²) < 4.78 is 13.5. The summed E-state index contributed by atoms with van der Waals surface area (Å²) in [6.07, 6.45) is 0. The zero-order valence-corrected chi connectivity index (χ0v) is 15.4. The largest absolute Gasteiger partial charge is 0.352 e. The van der Waals surface area contributed by atoms with Crippen molar-refractivity contribution in [2.24, 2.45) is 4.99 Å². The van der Waals surface area contributed by atoms with E-state index in [1.54, 1.807) is 37.4 Å². The molecule has 0 radical (unpaired) electrons. The second kappa shape index (κ2) is 9.81. The standard InChI is InChI=1S/C16H17FN4O2.HI/c1-18-16(20-11-13-4-2-3-5-15(13)17)19-10-12-6-8-14(9-7-12)21(22)23;/h2-9H,10-11H2,1H3,(H2,18,19,20);1H. The second-order valence-corrected chi connectivity index (χ2v) is 4.79. The van der Waals surface area contributed by atoms with E-state index in [-0.39, 0.29) is 35.5 Å². The van der Waals surface area contributed by atoms with Crippen LogP contribution >= 0.6 is 24.0 Å². The highest BCUT2D eigenvalue weighted by Crippen LogP contribution is 2.11. The van der Waals surface area contributed by atoms with E-state index >= 15 is 0 Å². The molecule has 0 saturated heterocycles. The maximum absolute atomic E-state index is 13.5. The first-order chi connectivity index (χ1) is 11.1. The number of hydrogen-bond donors (Lipinski definition) is 2. The van der Waals surface area contributed by atoms with Crippen LogP contribution < -0.4 is 10.6 Å². The van der Waals surface area contributed by atoms with Gasteiger partial charge in [-0.1, -0.05) is 30.3 Å². The molecule has 0 atom stereocenters. The summed E-state index contributed by atoms with van der Waals surface area (Å²) in [6, 6.07) is 12.8.